The predicted molar refractivity (Wildman–Crippen MR) is 168 cm³/mol. The third-order valence-corrected chi connectivity index (χ3v) is 6.43. The van der Waals surface area contributed by atoms with Crippen LogP contribution in [-0.4, -0.2) is 51.5 Å². The van der Waals surface area contributed by atoms with E-state index in [1.54, 1.807) is 36.4 Å². The van der Waals surface area contributed by atoms with E-state index in [0.29, 0.717) is 80.1 Å². The van der Waals surface area contributed by atoms with Crippen LogP contribution in [0.2, 0.25) is 0 Å². The van der Waals surface area contributed by atoms with E-state index in [-0.39, 0.29) is 11.8 Å². The summed E-state index contributed by atoms with van der Waals surface area (Å²) in [6.45, 7) is 7.01. The van der Waals surface area contributed by atoms with Crippen molar-refractivity contribution in [3.63, 3.8) is 0 Å². The second-order valence-electron chi connectivity index (χ2n) is 9.63. The van der Waals surface area contributed by atoms with Crippen LogP contribution in [0, 0.1) is 0 Å². The first-order chi connectivity index (χ1) is 21.0. The Morgan fingerprint density at radius 1 is 0.558 bits per heavy atom. The minimum Gasteiger partial charge on any atom is -0.491 e. The Balaban J connectivity index is 1.26. The lowest BCUT2D eigenvalue weighted by Gasteiger charge is -2.10. The number of hydrogen-bond acceptors (Lipinski definition) is 6. The van der Waals surface area contributed by atoms with Gasteiger partial charge in [-0.15, -0.1) is 0 Å². The molecule has 2 amide bonds. The first-order valence-electron chi connectivity index (χ1n) is 14.5. The number of carbonyl (C=O) groups is 2. The molecule has 4 rings (SSSR count). The molecule has 0 saturated carbocycles. The van der Waals surface area contributed by atoms with E-state index in [4.69, 9.17) is 18.9 Å². The Hall–Kier alpha value is -4.66. The van der Waals surface area contributed by atoms with E-state index in [1.807, 2.05) is 74.5 Å². The number of hydrogen-bond donors (Lipinski definition) is 2. The summed E-state index contributed by atoms with van der Waals surface area (Å²) in [5.74, 6) is 0.838. The summed E-state index contributed by atoms with van der Waals surface area (Å²) >= 11 is 0. The molecule has 0 spiro atoms. The lowest BCUT2D eigenvalue weighted by Crippen LogP contribution is -2.12. The van der Waals surface area contributed by atoms with Gasteiger partial charge in [0.2, 0.25) is 0 Å². The molecule has 0 aliphatic rings. The number of amides is 2. The van der Waals surface area contributed by atoms with Crippen molar-refractivity contribution >= 4 is 23.2 Å². The van der Waals surface area contributed by atoms with Crippen LogP contribution in [0.5, 0.6) is 11.5 Å². The minimum atomic E-state index is -0.207. The lowest BCUT2D eigenvalue weighted by atomic mass is 10.0. The molecule has 0 bridgehead atoms. The van der Waals surface area contributed by atoms with Crippen molar-refractivity contribution in [1.82, 2.24) is 0 Å². The van der Waals surface area contributed by atoms with E-state index < -0.39 is 0 Å². The topological polar surface area (TPSA) is 95.1 Å². The standard InChI is InChI=1S/C35H38N2O6/c1-3-40-19-21-42-32-9-5-7-28(24-32)34(38)36-30-15-11-26(12-16-30)23-27-13-17-31(18-14-27)37-35(39)29-8-6-10-33(25-29)43-22-20-41-4-2/h5-18,24-25H,3-4,19-23H2,1-2H3,(H,36,38)(H,37,39). The molecule has 8 nitrogen and oxygen atoms in total. The number of anilines is 2. The average molecular weight is 583 g/mol. The van der Waals surface area contributed by atoms with Gasteiger partial charge in [-0.25, -0.2) is 0 Å². The Kier molecular flexibility index (Phi) is 12.1. The summed E-state index contributed by atoms with van der Waals surface area (Å²) in [6, 6.07) is 29.7. The molecule has 2 N–H and O–H groups in total. The largest absolute Gasteiger partial charge is 0.491 e. The van der Waals surface area contributed by atoms with Crippen LogP contribution in [0.15, 0.2) is 97.1 Å². The second-order valence-corrected chi connectivity index (χ2v) is 9.63. The number of benzene rings is 4. The third kappa shape index (κ3) is 10.3. The number of carbonyl (C=O) groups excluding carboxylic acids is 2. The van der Waals surface area contributed by atoms with E-state index in [1.165, 1.54) is 0 Å². The highest BCUT2D eigenvalue weighted by atomic mass is 16.5. The first kappa shape index (κ1) is 31.3. The zero-order valence-corrected chi connectivity index (χ0v) is 24.6. The Morgan fingerprint density at radius 3 is 1.37 bits per heavy atom. The monoisotopic (exact) mass is 582 g/mol. The molecule has 0 fully saturated rings. The van der Waals surface area contributed by atoms with Crippen molar-refractivity contribution in [2.45, 2.75) is 20.3 Å². The first-order valence-corrected chi connectivity index (χ1v) is 14.5. The summed E-state index contributed by atoms with van der Waals surface area (Å²) in [5.41, 5.74) is 4.64. The van der Waals surface area contributed by atoms with Crippen molar-refractivity contribution in [2.75, 3.05) is 50.3 Å². The fourth-order valence-electron chi connectivity index (χ4n) is 4.23. The maximum atomic E-state index is 12.8. The van der Waals surface area contributed by atoms with E-state index in [2.05, 4.69) is 10.6 Å². The smallest absolute Gasteiger partial charge is 0.255 e. The van der Waals surface area contributed by atoms with Gasteiger partial charge in [-0.3, -0.25) is 9.59 Å². The van der Waals surface area contributed by atoms with Gasteiger partial charge in [0.05, 0.1) is 13.2 Å². The average Bonchev–Trinajstić information content (AvgIpc) is 3.03. The van der Waals surface area contributed by atoms with Crippen LogP contribution in [0.4, 0.5) is 11.4 Å². The molecule has 4 aromatic rings. The van der Waals surface area contributed by atoms with Gasteiger partial charge in [-0.2, -0.15) is 0 Å². The van der Waals surface area contributed by atoms with Crippen LogP contribution in [0.1, 0.15) is 45.7 Å². The maximum Gasteiger partial charge on any atom is 0.255 e. The van der Waals surface area contributed by atoms with Gasteiger partial charge >= 0.3 is 0 Å². The molecule has 0 unspecified atom stereocenters. The van der Waals surface area contributed by atoms with Gasteiger partial charge < -0.3 is 29.6 Å². The highest BCUT2D eigenvalue weighted by molar-refractivity contribution is 6.05. The molecule has 8 heteroatoms. The highest BCUT2D eigenvalue weighted by Gasteiger charge is 2.10. The summed E-state index contributed by atoms with van der Waals surface area (Å²) < 4.78 is 21.9. The quantitative estimate of drug-likeness (QED) is 0.144. The molecular formula is C35H38N2O6. The number of nitrogens with one attached hydrogen (secondary N) is 2. The molecular weight excluding hydrogens is 544 g/mol. The fraction of sp³-hybridized carbons (Fsp3) is 0.257. The van der Waals surface area contributed by atoms with Crippen LogP contribution in [0.25, 0.3) is 0 Å². The predicted octanol–water partition coefficient (Wildman–Crippen LogP) is 6.61. The summed E-state index contributed by atoms with van der Waals surface area (Å²) in [6.07, 6.45) is 0.713. The van der Waals surface area contributed by atoms with E-state index in [0.717, 1.165) is 11.1 Å². The van der Waals surface area contributed by atoms with Gasteiger partial charge in [0.15, 0.2) is 0 Å². The van der Waals surface area contributed by atoms with E-state index >= 15 is 0 Å². The zero-order valence-electron chi connectivity index (χ0n) is 24.6. The van der Waals surface area contributed by atoms with Crippen LogP contribution >= 0.6 is 0 Å². The maximum absolute atomic E-state index is 12.8. The molecule has 0 aromatic heterocycles. The molecule has 0 radical (unpaired) electrons. The third-order valence-electron chi connectivity index (χ3n) is 6.43. The van der Waals surface area contributed by atoms with Gasteiger partial charge in [0.25, 0.3) is 11.8 Å². The normalized spacial score (nSPS) is 10.7. The Labute approximate surface area is 252 Å². The van der Waals surface area contributed by atoms with Crippen molar-refractivity contribution in [1.29, 1.82) is 0 Å². The number of rotatable bonds is 16. The SMILES string of the molecule is CCOCCOc1cccc(C(=O)Nc2ccc(Cc3ccc(NC(=O)c4cccc(OCCOCC)c4)cc3)cc2)c1. The van der Waals surface area contributed by atoms with Gasteiger partial charge in [-0.05, 0) is 92.1 Å². The number of ether oxygens (including phenoxy) is 4. The van der Waals surface area contributed by atoms with Crippen LogP contribution < -0.4 is 20.1 Å². The molecule has 0 aliphatic heterocycles. The van der Waals surface area contributed by atoms with Crippen molar-refractivity contribution in [2.24, 2.45) is 0 Å². The highest BCUT2D eigenvalue weighted by Crippen LogP contribution is 2.20. The molecule has 224 valence electrons. The van der Waals surface area contributed by atoms with Crippen molar-refractivity contribution in [3.8, 4) is 11.5 Å². The molecule has 0 atom stereocenters. The molecule has 0 saturated heterocycles. The van der Waals surface area contributed by atoms with E-state index in [9.17, 15) is 9.59 Å². The molecule has 0 aliphatic carbocycles. The Morgan fingerprint density at radius 2 is 0.977 bits per heavy atom. The van der Waals surface area contributed by atoms with Gasteiger partial charge in [0.1, 0.15) is 24.7 Å². The van der Waals surface area contributed by atoms with Crippen LogP contribution in [0.3, 0.4) is 0 Å². The lowest BCUT2D eigenvalue weighted by molar-refractivity contribution is 0.101. The van der Waals surface area contributed by atoms with Gasteiger partial charge in [-0.1, -0.05) is 36.4 Å². The van der Waals surface area contributed by atoms with Crippen molar-refractivity contribution in [3.05, 3.63) is 119 Å². The minimum absolute atomic E-state index is 0.207. The summed E-state index contributed by atoms with van der Waals surface area (Å²) in [5, 5.41) is 5.88. The molecule has 43 heavy (non-hydrogen) atoms. The van der Waals surface area contributed by atoms with Crippen LogP contribution in [-0.2, 0) is 15.9 Å². The Bertz CT molecular complexity index is 1340. The van der Waals surface area contributed by atoms with Crippen molar-refractivity contribution < 1.29 is 28.5 Å². The summed E-state index contributed by atoms with van der Waals surface area (Å²) in [4.78, 5) is 25.5. The van der Waals surface area contributed by atoms with Gasteiger partial charge in [0, 0.05) is 35.7 Å². The molecule has 0 heterocycles. The zero-order chi connectivity index (χ0) is 30.3. The molecule has 4 aromatic carbocycles. The second kappa shape index (κ2) is 16.7. The summed E-state index contributed by atoms with van der Waals surface area (Å²) in [7, 11) is 0. The fourth-order valence-corrected chi connectivity index (χ4v) is 4.23.